The maximum atomic E-state index is 12.6. The van der Waals surface area contributed by atoms with Gasteiger partial charge in [0.05, 0.1) is 11.3 Å². The smallest absolute Gasteiger partial charge is 0.384 e. The first kappa shape index (κ1) is 13.8. The summed E-state index contributed by atoms with van der Waals surface area (Å²) in [6.07, 6.45) is -4.40. The van der Waals surface area contributed by atoms with Gasteiger partial charge in [0.2, 0.25) is 0 Å². The van der Waals surface area contributed by atoms with Crippen molar-refractivity contribution in [3.63, 3.8) is 0 Å². The molecule has 0 saturated carbocycles. The SMILES string of the molecule is CC(C)N[C@H](C)c1cc(C(F)(F)F)cc(N)n1. The van der Waals surface area contributed by atoms with Gasteiger partial charge in [-0.1, -0.05) is 13.8 Å². The Bertz CT molecular complexity index is 388. The molecule has 3 nitrogen and oxygen atoms in total. The van der Waals surface area contributed by atoms with Gasteiger partial charge < -0.3 is 11.1 Å². The van der Waals surface area contributed by atoms with Crippen LogP contribution in [0.2, 0.25) is 0 Å². The van der Waals surface area contributed by atoms with Crippen LogP contribution in [0.15, 0.2) is 12.1 Å². The predicted molar refractivity (Wildman–Crippen MR) is 60.3 cm³/mol. The van der Waals surface area contributed by atoms with Crippen LogP contribution in [0.1, 0.15) is 38.1 Å². The van der Waals surface area contributed by atoms with E-state index in [9.17, 15) is 13.2 Å². The van der Waals surface area contributed by atoms with Crippen molar-refractivity contribution < 1.29 is 13.2 Å². The minimum Gasteiger partial charge on any atom is -0.384 e. The molecule has 0 aromatic carbocycles. The zero-order valence-corrected chi connectivity index (χ0v) is 9.97. The predicted octanol–water partition coefficient (Wildman–Crippen LogP) is 2.74. The standard InChI is InChI=1S/C11H16F3N3/c1-6(2)16-7(3)9-4-8(11(12,13)14)5-10(15)17-9/h4-7,16H,1-3H3,(H2,15,17)/t7-/m1/s1. The molecule has 0 unspecified atom stereocenters. The number of rotatable bonds is 3. The van der Waals surface area contributed by atoms with Gasteiger partial charge >= 0.3 is 6.18 Å². The molecule has 0 fully saturated rings. The maximum Gasteiger partial charge on any atom is 0.416 e. The molecule has 0 aliphatic carbocycles. The molecule has 0 bridgehead atoms. The summed E-state index contributed by atoms with van der Waals surface area (Å²) in [4.78, 5) is 3.92. The normalized spacial score (nSPS) is 14.1. The van der Waals surface area contributed by atoms with Crippen molar-refractivity contribution in [3.8, 4) is 0 Å². The molecule has 1 aromatic rings. The molecule has 1 aromatic heterocycles. The Balaban J connectivity index is 3.05. The van der Waals surface area contributed by atoms with Crippen LogP contribution in [0.25, 0.3) is 0 Å². The van der Waals surface area contributed by atoms with Crippen molar-refractivity contribution in [1.29, 1.82) is 0 Å². The lowest BCUT2D eigenvalue weighted by atomic mass is 10.1. The summed E-state index contributed by atoms with van der Waals surface area (Å²) in [7, 11) is 0. The van der Waals surface area contributed by atoms with Crippen LogP contribution in [0, 0.1) is 0 Å². The van der Waals surface area contributed by atoms with Crippen LogP contribution in [-0.4, -0.2) is 11.0 Å². The second kappa shape index (κ2) is 4.91. The summed E-state index contributed by atoms with van der Waals surface area (Å²) in [6.45, 7) is 5.57. The third-order valence-electron chi connectivity index (χ3n) is 2.22. The number of pyridine rings is 1. The summed E-state index contributed by atoms with van der Waals surface area (Å²) in [5.41, 5.74) is 4.92. The number of hydrogen-bond acceptors (Lipinski definition) is 3. The molecule has 96 valence electrons. The molecular weight excluding hydrogens is 231 g/mol. The minimum absolute atomic E-state index is 0.118. The van der Waals surface area contributed by atoms with E-state index in [1.54, 1.807) is 6.92 Å². The first-order valence-corrected chi connectivity index (χ1v) is 5.31. The van der Waals surface area contributed by atoms with E-state index in [2.05, 4.69) is 10.3 Å². The fourth-order valence-electron chi connectivity index (χ4n) is 1.54. The summed E-state index contributed by atoms with van der Waals surface area (Å²) in [5, 5.41) is 3.08. The number of halogens is 3. The largest absolute Gasteiger partial charge is 0.416 e. The zero-order chi connectivity index (χ0) is 13.2. The van der Waals surface area contributed by atoms with Gasteiger partial charge in [-0.2, -0.15) is 13.2 Å². The first-order valence-electron chi connectivity index (χ1n) is 5.31. The van der Waals surface area contributed by atoms with Gasteiger partial charge in [0.15, 0.2) is 0 Å². The summed E-state index contributed by atoms with van der Waals surface area (Å²) < 4.78 is 37.7. The van der Waals surface area contributed by atoms with Crippen LogP contribution in [0.4, 0.5) is 19.0 Å². The third kappa shape index (κ3) is 3.89. The Hall–Kier alpha value is -1.30. The van der Waals surface area contributed by atoms with Gasteiger partial charge in [0.1, 0.15) is 5.82 Å². The fraction of sp³-hybridized carbons (Fsp3) is 0.545. The second-order valence-electron chi connectivity index (χ2n) is 4.25. The first-order chi connectivity index (χ1) is 7.70. The van der Waals surface area contributed by atoms with E-state index in [1.165, 1.54) is 0 Å². The molecule has 0 aliphatic heterocycles. The van der Waals surface area contributed by atoms with E-state index in [4.69, 9.17) is 5.73 Å². The van der Waals surface area contributed by atoms with Crippen molar-refractivity contribution in [1.82, 2.24) is 10.3 Å². The molecule has 0 spiro atoms. The lowest BCUT2D eigenvalue weighted by molar-refractivity contribution is -0.137. The van der Waals surface area contributed by atoms with Crippen LogP contribution in [0.5, 0.6) is 0 Å². The van der Waals surface area contributed by atoms with Crippen molar-refractivity contribution in [2.24, 2.45) is 0 Å². The van der Waals surface area contributed by atoms with Gasteiger partial charge in [-0.15, -0.1) is 0 Å². The van der Waals surface area contributed by atoms with Gasteiger partial charge in [-0.3, -0.25) is 0 Å². The Kier molecular flexibility index (Phi) is 3.98. The molecule has 1 heterocycles. The van der Waals surface area contributed by atoms with Gasteiger partial charge in [-0.25, -0.2) is 4.98 Å². The quantitative estimate of drug-likeness (QED) is 0.863. The lowest BCUT2D eigenvalue weighted by Crippen LogP contribution is -2.27. The summed E-state index contributed by atoms with van der Waals surface area (Å²) >= 11 is 0. The lowest BCUT2D eigenvalue weighted by Gasteiger charge is -2.18. The molecule has 3 N–H and O–H groups in total. The van der Waals surface area contributed by atoms with Crippen LogP contribution >= 0.6 is 0 Å². The highest BCUT2D eigenvalue weighted by Gasteiger charge is 2.31. The highest BCUT2D eigenvalue weighted by molar-refractivity contribution is 5.37. The Morgan fingerprint density at radius 3 is 2.29 bits per heavy atom. The Labute approximate surface area is 98.2 Å². The summed E-state index contributed by atoms with van der Waals surface area (Å²) in [5.74, 6) is -0.118. The van der Waals surface area contributed by atoms with Crippen LogP contribution in [-0.2, 0) is 6.18 Å². The Morgan fingerprint density at radius 1 is 1.24 bits per heavy atom. The molecule has 0 saturated heterocycles. The van der Waals surface area contributed by atoms with E-state index >= 15 is 0 Å². The highest BCUT2D eigenvalue weighted by Crippen LogP contribution is 2.31. The Morgan fingerprint density at radius 2 is 1.82 bits per heavy atom. The van der Waals surface area contributed by atoms with E-state index in [0.29, 0.717) is 5.69 Å². The maximum absolute atomic E-state index is 12.6. The number of hydrogen-bond donors (Lipinski definition) is 2. The molecule has 0 amide bonds. The second-order valence-corrected chi connectivity index (χ2v) is 4.25. The number of nitrogen functional groups attached to an aromatic ring is 1. The zero-order valence-electron chi connectivity index (χ0n) is 9.97. The van der Waals surface area contributed by atoms with Crippen molar-refractivity contribution >= 4 is 5.82 Å². The molecule has 1 atom stereocenters. The number of alkyl halides is 3. The molecule has 0 radical (unpaired) electrons. The van der Waals surface area contributed by atoms with E-state index in [-0.39, 0.29) is 17.9 Å². The number of anilines is 1. The third-order valence-corrected chi connectivity index (χ3v) is 2.22. The van der Waals surface area contributed by atoms with Crippen molar-refractivity contribution in [2.75, 3.05) is 5.73 Å². The molecular formula is C11H16F3N3. The van der Waals surface area contributed by atoms with Gasteiger partial charge in [0.25, 0.3) is 0 Å². The number of aromatic nitrogens is 1. The number of nitrogens with zero attached hydrogens (tertiary/aromatic N) is 1. The molecule has 0 aliphatic rings. The van der Waals surface area contributed by atoms with E-state index < -0.39 is 11.7 Å². The van der Waals surface area contributed by atoms with E-state index in [0.717, 1.165) is 12.1 Å². The molecule has 17 heavy (non-hydrogen) atoms. The average molecular weight is 247 g/mol. The summed E-state index contributed by atoms with van der Waals surface area (Å²) in [6, 6.07) is 1.74. The monoisotopic (exact) mass is 247 g/mol. The van der Waals surface area contributed by atoms with Gasteiger partial charge in [-0.05, 0) is 19.1 Å². The van der Waals surface area contributed by atoms with Crippen molar-refractivity contribution in [3.05, 3.63) is 23.4 Å². The van der Waals surface area contributed by atoms with Crippen LogP contribution < -0.4 is 11.1 Å². The fourth-order valence-corrected chi connectivity index (χ4v) is 1.54. The van der Waals surface area contributed by atoms with Crippen LogP contribution in [0.3, 0.4) is 0 Å². The number of nitrogens with two attached hydrogens (primary N) is 1. The minimum atomic E-state index is -4.40. The average Bonchev–Trinajstić information content (AvgIpc) is 2.14. The van der Waals surface area contributed by atoms with Gasteiger partial charge in [0, 0.05) is 12.1 Å². The molecule has 1 rings (SSSR count). The highest BCUT2D eigenvalue weighted by atomic mass is 19.4. The molecule has 6 heteroatoms. The van der Waals surface area contributed by atoms with E-state index in [1.807, 2.05) is 13.8 Å². The topological polar surface area (TPSA) is 50.9 Å². The van der Waals surface area contributed by atoms with Crippen molar-refractivity contribution in [2.45, 2.75) is 39.0 Å². The number of nitrogens with one attached hydrogen (secondary N) is 1.